The van der Waals surface area contributed by atoms with E-state index in [4.69, 9.17) is 0 Å². The summed E-state index contributed by atoms with van der Waals surface area (Å²) in [6.07, 6.45) is 4.28. The highest BCUT2D eigenvalue weighted by Crippen LogP contribution is 2.30. The van der Waals surface area contributed by atoms with Crippen LogP contribution in [0.15, 0.2) is 48.8 Å². The van der Waals surface area contributed by atoms with E-state index in [1.165, 1.54) is 4.90 Å². The number of carbonyl (C=O) groups excluding carboxylic acids is 3. The van der Waals surface area contributed by atoms with Crippen molar-refractivity contribution in [3.05, 3.63) is 65.5 Å². The Bertz CT molecular complexity index is 1070. The lowest BCUT2D eigenvalue weighted by molar-refractivity contribution is -0.130. The molecule has 29 heavy (non-hydrogen) atoms. The Morgan fingerprint density at radius 2 is 1.72 bits per heavy atom. The molecule has 0 saturated heterocycles. The highest BCUT2D eigenvalue weighted by atomic mass is 16.2. The number of benzene rings is 2. The van der Waals surface area contributed by atoms with Crippen LogP contribution in [-0.2, 0) is 18.4 Å². The van der Waals surface area contributed by atoms with Gasteiger partial charge in [-0.05, 0) is 23.9 Å². The lowest BCUT2D eigenvalue weighted by Crippen LogP contribution is -2.41. The molecule has 0 N–H and O–H groups in total. The Morgan fingerprint density at radius 3 is 2.31 bits per heavy atom. The molecule has 3 amide bonds. The number of carbonyl (C=O) groups is 3. The molecule has 0 atom stereocenters. The lowest BCUT2D eigenvalue weighted by atomic mass is 9.94. The summed E-state index contributed by atoms with van der Waals surface area (Å²) in [5.41, 5.74) is 2.03. The third-order valence-electron chi connectivity index (χ3n) is 5.23. The van der Waals surface area contributed by atoms with Gasteiger partial charge in [0.1, 0.15) is 0 Å². The first kappa shape index (κ1) is 18.9. The maximum absolute atomic E-state index is 12.9. The van der Waals surface area contributed by atoms with E-state index in [-0.39, 0.29) is 30.7 Å². The molecule has 0 radical (unpaired) electrons. The van der Waals surface area contributed by atoms with E-state index >= 15 is 0 Å². The van der Waals surface area contributed by atoms with Crippen LogP contribution < -0.4 is 0 Å². The SMILES string of the molecule is CN(Cc1cnn(C)c1)C(=O)CCCN1C(=O)c2cccc3cccc(c23)C1=O. The van der Waals surface area contributed by atoms with Gasteiger partial charge in [0.2, 0.25) is 5.91 Å². The van der Waals surface area contributed by atoms with E-state index in [0.29, 0.717) is 29.5 Å². The average Bonchev–Trinajstić information content (AvgIpc) is 3.12. The van der Waals surface area contributed by atoms with E-state index in [1.54, 1.807) is 35.0 Å². The zero-order valence-corrected chi connectivity index (χ0v) is 16.5. The molecule has 0 saturated carbocycles. The fourth-order valence-corrected chi connectivity index (χ4v) is 3.78. The molecule has 0 unspecified atom stereocenters. The van der Waals surface area contributed by atoms with Gasteiger partial charge in [0.05, 0.1) is 6.20 Å². The molecule has 2 aromatic carbocycles. The summed E-state index contributed by atoms with van der Waals surface area (Å²) in [6, 6.07) is 10.9. The smallest absolute Gasteiger partial charge is 0.261 e. The third kappa shape index (κ3) is 3.51. The number of amides is 3. The third-order valence-corrected chi connectivity index (χ3v) is 5.23. The van der Waals surface area contributed by atoms with E-state index in [9.17, 15) is 14.4 Å². The van der Waals surface area contributed by atoms with Gasteiger partial charge >= 0.3 is 0 Å². The van der Waals surface area contributed by atoms with Gasteiger partial charge < -0.3 is 4.90 Å². The number of aromatic nitrogens is 2. The highest BCUT2D eigenvalue weighted by Gasteiger charge is 2.32. The number of nitrogens with zero attached hydrogens (tertiary/aromatic N) is 4. The van der Waals surface area contributed by atoms with Crippen LogP contribution in [0.25, 0.3) is 10.8 Å². The van der Waals surface area contributed by atoms with Gasteiger partial charge in [0.25, 0.3) is 11.8 Å². The fourth-order valence-electron chi connectivity index (χ4n) is 3.78. The van der Waals surface area contributed by atoms with Crippen molar-refractivity contribution in [1.29, 1.82) is 0 Å². The normalized spacial score (nSPS) is 13.2. The molecule has 0 spiro atoms. The predicted molar refractivity (Wildman–Crippen MR) is 108 cm³/mol. The summed E-state index contributed by atoms with van der Waals surface area (Å²) in [4.78, 5) is 41.0. The molecule has 7 heteroatoms. The first-order chi connectivity index (χ1) is 14.0. The average molecular weight is 390 g/mol. The van der Waals surface area contributed by atoms with Crippen molar-refractivity contribution in [2.45, 2.75) is 19.4 Å². The zero-order chi connectivity index (χ0) is 20.5. The van der Waals surface area contributed by atoms with Crippen LogP contribution in [0.2, 0.25) is 0 Å². The Labute approximate surface area is 168 Å². The van der Waals surface area contributed by atoms with Gasteiger partial charge in [-0.25, -0.2) is 0 Å². The van der Waals surface area contributed by atoms with Gasteiger partial charge in [0.15, 0.2) is 0 Å². The van der Waals surface area contributed by atoms with Crippen molar-refractivity contribution < 1.29 is 14.4 Å². The molecule has 1 aromatic heterocycles. The van der Waals surface area contributed by atoms with Crippen molar-refractivity contribution in [1.82, 2.24) is 19.6 Å². The fraction of sp³-hybridized carbons (Fsp3) is 0.273. The van der Waals surface area contributed by atoms with Gasteiger partial charge in [-0.3, -0.25) is 24.0 Å². The summed E-state index contributed by atoms with van der Waals surface area (Å²) < 4.78 is 1.69. The van der Waals surface area contributed by atoms with Crippen molar-refractivity contribution >= 4 is 28.5 Å². The number of imide groups is 1. The van der Waals surface area contributed by atoms with Crippen LogP contribution in [0.4, 0.5) is 0 Å². The first-order valence-corrected chi connectivity index (χ1v) is 9.55. The standard InChI is InChI=1S/C22H22N4O3/c1-24(13-15-12-23-25(2)14-15)19(27)10-5-11-26-21(28)17-8-3-6-16-7-4-9-18(20(16)17)22(26)29/h3-4,6-9,12,14H,5,10-11,13H2,1-2H3. The van der Waals surface area contributed by atoms with Crippen LogP contribution in [0.5, 0.6) is 0 Å². The predicted octanol–water partition coefficient (Wildman–Crippen LogP) is 2.61. The van der Waals surface area contributed by atoms with Crippen molar-refractivity contribution in [3.8, 4) is 0 Å². The Kier molecular flexibility index (Phi) is 4.88. The van der Waals surface area contributed by atoms with Gasteiger partial charge in [-0.15, -0.1) is 0 Å². The molecule has 148 valence electrons. The molecule has 2 heterocycles. The van der Waals surface area contributed by atoms with Crippen LogP contribution in [0.1, 0.15) is 39.1 Å². The summed E-state index contributed by atoms with van der Waals surface area (Å²) in [5, 5.41) is 5.70. The van der Waals surface area contributed by atoms with Crippen LogP contribution in [0.3, 0.4) is 0 Å². The minimum absolute atomic E-state index is 0.0340. The topological polar surface area (TPSA) is 75.5 Å². The molecule has 3 aromatic rings. The summed E-state index contributed by atoms with van der Waals surface area (Å²) >= 11 is 0. The number of hydrogen-bond acceptors (Lipinski definition) is 4. The molecular weight excluding hydrogens is 368 g/mol. The summed E-state index contributed by atoms with van der Waals surface area (Å²) in [6.45, 7) is 0.693. The van der Waals surface area contributed by atoms with Crippen LogP contribution >= 0.6 is 0 Å². The minimum Gasteiger partial charge on any atom is -0.341 e. The molecule has 0 fully saturated rings. The number of rotatable bonds is 6. The maximum Gasteiger partial charge on any atom is 0.261 e. The van der Waals surface area contributed by atoms with Crippen molar-refractivity contribution in [2.24, 2.45) is 7.05 Å². The van der Waals surface area contributed by atoms with Crippen LogP contribution in [-0.4, -0.2) is 50.9 Å². The Morgan fingerprint density at radius 1 is 1.07 bits per heavy atom. The number of hydrogen-bond donors (Lipinski definition) is 0. The molecular formula is C22H22N4O3. The quantitative estimate of drug-likeness (QED) is 0.607. The summed E-state index contributed by atoms with van der Waals surface area (Å²) in [7, 11) is 3.57. The molecule has 0 aliphatic carbocycles. The summed E-state index contributed by atoms with van der Waals surface area (Å²) in [5.74, 6) is -0.626. The zero-order valence-electron chi connectivity index (χ0n) is 16.5. The molecule has 4 rings (SSSR count). The van der Waals surface area contributed by atoms with Crippen molar-refractivity contribution in [2.75, 3.05) is 13.6 Å². The number of aryl methyl sites for hydroxylation is 1. The second kappa shape index (κ2) is 7.50. The van der Waals surface area contributed by atoms with Gasteiger partial charge in [0, 0.05) is 61.9 Å². The Balaban J connectivity index is 1.41. The highest BCUT2D eigenvalue weighted by molar-refractivity contribution is 6.25. The van der Waals surface area contributed by atoms with E-state index in [1.807, 2.05) is 37.5 Å². The monoisotopic (exact) mass is 390 g/mol. The molecule has 7 nitrogen and oxygen atoms in total. The van der Waals surface area contributed by atoms with Gasteiger partial charge in [-0.2, -0.15) is 5.10 Å². The maximum atomic E-state index is 12.9. The lowest BCUT2D eigenvalue weighted by Gasteiger charge is -2.27. The molecule has 1 aliphatic rings. The molecule has 1 aliphatic heterocycles. The minimum atomic E-state index is -0.296. The van der Waals surface area contributed by atoms with Crippen LogP contribution in [0, 0.1) is 0 Å². The van der Waals surface area contributed by atoms with Crippen molar-refractivity contribution in [3.63, 3.8) is 0 Å². The van der Waals surface area contributed by atoms with E-state index in [2.05, 4.69) is 5.10 Å². The molecule has 0 bridgehead atoms. The largest absolute Gasteiger partial charge is 0.341 e. The van der Waals surface area contributed by atoms with E-state index < -0.39 is 0 Å². The second-order valence-electron chi connectivity index (χ2n) is 7.35. The Hall–Kier alpha value is -3.48. The first-order valence-electron chi connectivity index (χ1n) is 9.55. The van der Waals surface area contributed by atoms with Gasteiger partial charge in [-0.1, -0.05) is 24.3 Å². The van der Waals surface area contributed by atoms with E-state index in [0.717, 1.165) is 10.9 Å². The second-order valence-corrected chi connectivity index (χ2v) is 7.35.